The lowest BCUT2D eigenvalue weighted by atomic mass is 10.1. The Morgan fingerprint density at radius 1 is 1.42 bits per heavy atom. The van der Waals surface area contributed by atoms with Gasteiger partial charge in [0.25, 0.3) is 0 Å². The van der Waals surface area contributed by atoms with Crippen molar-refractivity contribution >= 4 is 24.0 Å². The molecule has 108 valence electrons. The fraction of sp³-hybridized carbons (Fsp3) is 0.500. The van der Waals surface area contributed by atoms with Crippen LogP contribution >= 0.6 is 12.4 Å². The predicted octanol–water partition coefficient (Wildman–Crippen LogP) is 1.90. The number of hydrogen-bond donors (Lipinski definition) is 3. The van der Waals surface area contributed by atoms with Gasteiger partial charge in [0, 0.05) is 18.7 Å². The molecule has 0 spiro atoms. The van der Waals surface area contributed by atoms with Crippen molar-refractivity contribution in [2.45, 2.75) is 38.7 Å². The SMILES string of the molecule is CCC(O)CCNC(=O)CCc1ccccc1N.Cl. The number of hydrogen-bond acceptors (Lipinski definition) is 3. The summed E-state index contributed by atoms with van der Waals surface area (Å²) in [6.07, 6.45) is 2.08. The van der Waals surface area contributed by atoms with Crippen LogP contribution in [0.1, 0.15) is 31.7 Å². The van der Waals surface area contributed by atoms with Crippen molar-refractivity contribution in [1.82, 2.24) is 5.32 Å². The number of rotatable bonds is 7. The molecule has 0 aromatic heterocycles. The molecule has 4 nitrogen and oxygen atoms in total. The Kier molecular flexibility index (Phi) is 9.00. The van der Waals surface area contributed by atoms with Gasteiger partial charge in [-0.15, -0.1) is 12.4 Å². The van der Waals surface area contributed by atoms with Crippen LogP contribution in [0.5, 0.6) is 0 Å². The molecule has 0 saturated heterocycles. The molecule has 19 heavy (non-hydrogen) atoms. The van der Waals surface area contributed by atoms with Crippen LogP contribution in [0.15, 0.2) is 24.3 Å². The van der Waals surface area contributed by atoms with Gasteiger partial charge in [0.2, 0.25) is 5.91 Å². The maximum absolute atomic E-state index is 11.6. The van der Waals surface area contributed by atoms with E-state index in [1.807, 2.05) is 31.2 Å². The number of nitrogen functional groups attached to an aromatic ring is 1. The van der Waals surface area contributed by atoms with Crippen molar-refractivity contribution in [3.63, 3.8) is 0 Å². The minimum Gasteiger partial charge on any atom is -0.399 e. The molecule has 0 aliphatic heterocycles. The van der Waals surface area contributed by atoms with Gasteiger partial charge < -0.3 is 16.2 Å². The Hall–Kier alpha value is -1.26. The van der Waals surface area contributed by atoms with Gasteiger partial charge >= 0.3 is 0 Å². The van der Waals surface area contributed by atoms with Gasteiger partial charge in [0.15, 0.2) is 0 Å². The Morgan fingerprint density at radius 3 is 2.74 bits per heavy atom. The van der Waals surface area contributed by atoms with Crippen molar-refractivity contribution in [2.75, 3.05) is 12.3 Å². The molecule has 1 rings (SSSR count). The third kappa shape index (κ3) is 7.03. The van der Waals surface area contributed by atoms with E-state index in [4.69, 9.17) is 5.73 Å². The number of nitrogens with one attached hydrogen (secondary N) is 1. The standard InChI is InChI=1S/C14H22N2O2.ClH/c1-2-12(17)9-10-16-14(18)8-7-11-5-3-4-6-13(11)15;/h3-6,12,17H,2,7-10,15H2,1H3,(H,16,18);1H. The average molecular weight is 287 g/mol. The van der Waals surface area contributed by atoms with E-state index in [0.717, 1.165) is 17.7 Å². The molecule has 1 amide bonds. The summed E-state index contributed by atoms with van der Waals surface area (Å²) < 4.78 is 0. The molecule has 1 aromatic carbocycles. The number of nitrogens with two attached hydrogens (primary N) is 1. The van der Waals surface area contributed by atoms with Crippen LogP contribution in [0.4, 0.5) is 5.69 Å². The molecule has 0 saturated carbocycles. The third-order valence-electron chi connectivity index (χ3n) is 2.95. The summed E-state index contributed by atoms with van der Waals surface area (Å²) in [5.74, 6) is 0.00144. The molecule has 1 aromatic rings. The minimum absolute atomic E-state index is 0. The Balaban J connectivity index is 0.00000324. The van der Waals surface area contributed by atoms with Crippen molar-refractivity contribution in [1.29, 1.82) is 0 Å². The van der Waals surface area contributed by atoms with E-state index >= 15 is 0 Å². The van der Waals surface area contributed by atoms with E-state index in [-0.39, 0.29) is 24.4 Å². The summed E-state index contributed by atoms with van der Waals surface area (Å²) in [5.41, 5.74) is 7.53. The molecule has 4 N–H and O–H groups in total. The molecular formula is C14H23ClN2O2. The van der Waals surface area contributed by atoms with Crippen LogP contribution in [0.3, 0.4) is 0 Å². The van der Waals surface area contributed by atoms with Gasteiger partial charge in [-0.2, -0.15) is 0 Å². The number of halogens is 1. The summed E-state index contributed by atoms with van der Waals surface area (Å²) in [5, 5.41) is 12.1. The zero-order valence-corrected chi connectivity index (χ0v) is 12.1. The van der Waals surface area contributed by atoms with E-state index in [0.29, 0.717) is 25.8 Å². The first-order chi connectivity index (χ1) is 8.63. The second-order valence-corrected chi connectivity index (χ2v) is 4.40. The summed E-state index contributed by atoms with van der Waals surface area (Å²) in [6.45, 7) is 2.45. The number of benzene rings is 1. The number of para-hydroxylation sites is 1. The Morgan fingerprint density at radius 2 is 2.11 bits per heavy atom. The van der Waals surface area contributed by atoms with Crippen molar-refractivity contribution < 1.29 is 9.90 Å². The van der Waals surface area contributed by atoms with Gasteiger partial charge in [0.05, 0.1) is 6.10 Å². The number of aliphatic hydroxyl groups is 1. The largest absolute Gasteiger partial charge is 0.399 e. The van der Waals surface area contributed by atoms with Gasteiger partial charge in [0.1, 0.15) is 0 Å². The van der Waals surface area contributed by atoms with Gasteiger partial charge in [-0.25, -0.2) is 0 Å². The predicted molar refractivity (Wildman–Crippen MR) is 80.3 cm³/mol. The highest BCUT2D eigenvalue weighted by Gasteiger charge is 2.05. The third-order valence-corrected chi connectivity index (χ3v) is 2.95. The fourth-order valence-electron chi connectivity index (χ4n) is 1.68. The van der Waals surface area contributed by atoms with Gasteiger partial charge in [-0.3, -0.25) is 4.79 Å². The fourth-order valence-corrected chi connectivity index (χ4v) is 1.68. The summed E-state index contributed by atoms with van der Waals surface area (Å²) in [6, 6.07) is 7.57. The van der Waals surface area contributed by atoms with E-state index in [1.165, 1.54) is 0 Å². The van der Waals surface area contributed by atoms with Crippen molar-refractivity contribution in [3.05, 3.63) is 29.8 Å². The molecule has 0 aliphatic carbocycles. The van der Waals surface area contributed by atoms with Crippen LogP contribution in [-0.2, 0) is 11.2 Å². The molecule has 1 unspecified atom stereocenters. The number of carbonyl (C=O) groups excluding carboxylic acids is 1. The average Bonchev–Trinajstić information content (AvgIpc) is 2.37. The smallest absolute Gasteiger partial charge is 0.220 e. The number of aryl methyl sites for hydroxylation is 1. The van der Waals surface area contributed by atoms with Gasteiger partial charge in [-0.05, 0) is 30.9 Å². The summed E-state index contributed by atoms with van der Waals surface area (Å²) >= 11 is 0. The van der Waals surface area contributed by atoms with Crippen LogP contribution < -0.4 is 11.1 Å². The van der Waals surface area contributed by atoms with Crippen LogP contribution in [0.25, 0.3) is 0 Å². The molecule has 0 aliphatic rings. The first-order valence-electron chi connectivity index (χ1n) is 6.41. The minimum atomic E-state index is -0.324. The zero-order valence-electron chi connectivity index (χ0n) is 11.3. The maximum atomic E-state index is 11.6. The number of amides is 1. The number of anilines is 1. The lowest BCUT2D eigenvalue weighted by Crippen LogP contribution is -2.27. The summed E-state index contributed by atoms with van der Waals surface area (Å²) in [7, 11) is 0. The van der Waals surface area contributed by atoms with Crippen LogP contribution in [0.2, 0.25) is 0 Å². The monoisotopic (exact) mass is 286 g/mol. The molecule has 1 atom stereocenters. The second kappa shape index (κ2) is 9.64. The topological polar surface area (TPSA) is 75.3 Å². The molecule has 0 radical (unpaired) electrons. The first-order valence-corrected chi connectivity index (χ1v) is 6.41. The maximum Gasteiger partial charge on any atom is 0.220 e. The highest BCUT2D eigenvalue weighted by Crippen LogP contribution is 2.12. The zero-order chi connectivity index (χ0) is 13.4. The molecule has 0 fully saturated rings. The Labute approximate surface area is 120 Å². The molecular weight excluding hydrogens is 264 g/mol. The lowest BCUT2D eigenvalue weighted by molar-refractivity contribution is -0.121. The molecule has 0 bridgehead atoms. The first kappa shape index (κ1) is 17.7. The second-order valence-electron chi connectivity index (χ2n) is 4.40. The normalized spacial score (nSPS) is 11.5. The molecule has 0 heterocycles. The van der Waals surface area contributed by atoms with Crippen LogP contribution in [0, 0.1) is 0 Å². The van der Waals surface area contributed by atoms with E-state index in [1.54, 1.807) is 0 Å². The van der Waals surface area contributed by atoms with Gasteiger partial charge in [-0.1, -0.05) is 25.1 Å². The number of carbonyl (C=O) groups is 1. The van der Waals surface area contributed by atoms with Crippen molar-refractivity contribution in [3.8, 4) is 0 Å². The summed E-state index contributed by atoms with van der Waals surface area (Å²) in [4.78, 5) is 11.6. The van der Waals surface area contributed by atoms with Crippen molar-refractivity contribution in [2.24, 2.45) is 0 Å². The van der Waals surface area contributed by atoms with E-state index in [2.05, 4.69) is 5.32 Å². The number of aliphatic hydroxyl groups excluding tert-OH is 1. The lowest BCUT2D eigenvalue weighted by Gasteiger charge is -2.09. The van der Waals surface area contributed by atoms with Crippen LogP contribution in [-0.4, -0.2) is 23.7 Å². The quantitative estimate of drug-likeness (QED) is 0.670. The Bertz CT molecular complexity index is 385. The van der Waals surface area contributed by atoms with E-state index in [9.17, 15) is 9.90 Å². The van der Waals surface area contributed by atoms with E-state index < -0.39 is 0 Å². The highest BCUT2D eigenvalue weighted by atomic mass is 35.5. The highest BCUT2D eigenvalue weighted by molar-refractivity contribution is 5.85. The molecule has 5 heteroatoms.